The van der Waals surface area contributed by atoms with Gasteiger partial charge in [0.1, 0.15) is 0 Å². The Morgan fingerprint density at radius 1 is 0.960 bits per heavy atom. The molecule has 4 nitrogen and oxygen atoms in total. The lowest BCUT2D eigenvalue weighted by Crippen LogP contribution is -2.39. The van der Waals surface area contributed by atoms with Crippen molar-refractivity contribution < 1.29 is 4.79 Å². The Labute approximate surface area is 153 Å². The molecule has 0 saturated carbocycles. The Bertz CT molecular complexity index is 880. The number of benzene rings is 3. The van der Waals surface area contributed by atoms with Crippen molar-refractivity contribution in [3.63, 3.8) is 0 Å². The lowest BCUT2D eigenvalue weighted by molar-refractivity contribution is -0.121. The molecule has 0 aromatic heterocycles. The van der Waals surface area contributed by atoms with E-state index in [-0.39, 0.29) is 24.3 Å². The summed E-state index contributed by atoms with van der Waals surface area (Å²) in [5, 5.41) is 12.0. The summed E-state index contributed by atoms with van der Waals surface area (Å²) in [4.78, 5) is 12.6. The zero-order chi connectivity index (χ0) is 16.9. The summed E-state index contributed by atoms with van der Waals surface area (Å²) in [6.07, 6.45) is 0.554. The molecule has 25 heavy (non-hydrogen) atoms. The largest absolute Gasteiger partial charge is 0.370 e. The first-order valence-electron chi connectivity index (χ1n) is 7.81. The molecule has 1 atom stereocenters. The van der Waals surface area contributed by atoms with Gasteiger partial charge in [0.05, 0.1) is 5.92 Å². The van der Waals surface area contributed by atoms with E-state index in [1.807, 2.05) is 72.8 Å². The van der Waals surface area contributed by atoms with Crippen LogP contribution < -0.4 is 11.1 Å². The second-order valence-electron chi connectivity index (χ2n) is 5.75. The van der Waals surface area contributed by atoms with E-state index >= 15 is 0 Å². The maximum atomic E-state index is 12.6. The number of guanidine groups is 1. The minimum atomic E-state index is -0.402. The van der Waals surface area contributed by atoms with Crippen molar-refractivity contribution in [2.75, 3.05) is 0 Å². The smallest absolute Gasteiger partial charge is 0.234 e. The second-order valence-corrected chi connectivity index (χ2v) is 5.75. The van der Waals surface area contributed by atoms with Gasteiger partial charge in [0.25, 0.3) is 0 Å². The van der Waals surface area contributed by atoms with Crippen LogP contribution in [-0.2, 0) is 11.2 Å². The van der Waals surface area contributed by atoms with E-state index in [2.05, 4.69) is 5.32 Å². The topological polar surface area (TPSA) is 79.0 Å². The fraction of sp³-hybridized carbons (Fsp3) is 0.100. The van der Waals surface area contributed by atoms with Crippen molar-refractivity contribution >= 4 is 35.0 Å². The minimum absolute atomic E-state index is 0. The summed E-state index contributed by atoms with van der Waals surface area (Å²) in [6.45, 7) is 0. The lowest BCUT2D eigenvalue weighted by Gasteiger charge is -2.17. The number of carbonyl (C=O) groups is 1. The molecule has 3 aromatic rings. The van der Waals surface area contributed by atoms with Gasteiger partial charge in [0.15, 0.2) is 5.96 Å². The zero-order valence-corrected chi connectivity index (χ0v) is 14.4. The van der Waals surface area contributed by atoms with Crippen LogP contribution in [0.1, 0.15) is 17.0 Å². The molecule has 0 aliphatic carbocycles. The molecule has 0 saturated heterocycles. The molecule has 0 aliphatic heterocycles. The van der Waals surface area contributed by atoms with E-state index < -0.39 is 5.92 Å². The fourth-order valence-corrected chi connectivity index (χ4v) is 2.86. The average molecular weight is 354 g/mol. The number of fused-ring (bicyclic) bond motifs is 1. The number of nitrogens with one attached hydrogen (secondary N) is 2. The minimum Gasteiger partial charge on any atom is -0.370 e. The molecule has 0 radical (unpaired) electrons. The van der Waals surface area contributed by atoms with Crippen LogP contribution in [0.15, 0.2) is 72.8 Å². The zero-order valence-electron chi connectivity index (χ0n) is 13.6. The number of hydrogen-bond donors (Lipinski definition) is 3. The van der Waals surface area contributed by atoms with Crippen molar-refractivity contribution in [3.8, 4) is 0 Å². The summed E-state index contributed by atoms with van der Waals surface area (Å²) in [6, 6.07) is 23.9. The average Bonchev–Trinajstić information content (AvgIpc) is 2.59. The molecule has 3 aromatic carbocycles. The molecule has 4 N–H and O–H groups in total. The van der Waals surface area contributed by atoms with E-state index in [9.17, 15) is 4.79 Å². The molecule has 0 bridgehead atoms. The Morgan fingerprint density at radius 2 is 1.60 bits per heavy atom. The molecule has 128 valence electrons. The summed E-state index contributed by atoms with van der Waals surface area (Å²) >= 11 is 0. The Balaban J connectivity index is 0.00000225. The Hall–Kier alpha value is -2.85. The Morgan fingerprint density at radius 3 is 2.28 bits per heavy atom. The molecule has 5 heteroatoms. The van der Waals surface area contributed by atoms with Crippen LogP contribution in [0.2, 0.25) is 0 Å². The third-order valence-corrected chi connectivity index (χ3v) is 4.03. The maximum absolute atomic E-state index is 12.6. The van der Waals surface area contributed by atoms with Gasteiger partial charge >= 0.3 is 0 Å². The second kappa shape index (κ2) is 8.31. The van der Waals surface area contributed by atoms with E-state index in [1.54, 1.807) is 0 Å². The number of rotatable bonds is 4. The summed E-state index contributed by atoms with van der Waals surface area (Å²) in [5.41, 5.74) is 7.32. The first-order chi connectivity index (χ1) is 11.6. The monoisotopic (exact) mass is 353 g/mol. The molecular weight excluding hydrogens is 334 g/mol. The van der Waals surface area contributed by atoms with Gasteiger partial charge < -0.3 is 5.73 Å². The summed E-state index contributed by atoms with van der Waals surface area (Å²) in [7, 11) is 0. The van der Waals surface area contributed by atoms with Crippen molar-refractivity contribution in [2.45, 2.75) is 12.3 Å². The van der Waals surface area contributed by atoms with Gasteiger partial charge in [0.2, 0.25) is 5.91 Å². The first kappa shape index (κ1) is 18.5. The van der Waals surface area contributed by atoms with Crippen LogP contribution >= 0.6 is 12.4 Å². The molecule has 1 amide bonds. The van der Waals surface area contributed by atoms with E-state index in [4.69, 9.17) is 11.1 Å². The van der Waals surface area contributed by atoms with Crippen LogP contribution in [0, 0.1) is 5.41 Å². The van der Waals surface area contributed by atoms with Crippen LogP contribution in [0.4, 0.5) is 0 Å². The van der Waals surface area contributed by atoms with E-state index in [0.717, 1.165) is 21.9 Å². The summed E-state index contributed by atoms with van der Waals surface area (Å²) < 4.78 is 0. The summed E-state index contributed by atoms with van der Waals surface area (Å²) in [5.74, 6) is -0.999. The fourth-order valence-electron chi connectivity index (χ4n) is 2.86. The Kier molecular flexibility index (Phi) is 6.14. The van der Waals surface area contributed by atoms with Crippen LogP contribution in [-0.4, -0.2) is 11.9 Å². The maximum Gasteiger partial charge on any atom is 0.234 e. The molecule has 0 spiro atoms. The van der Waals surface area contributed by atoms with Crippen LogP contribution in [0.3, 0.4) is 0 Å². The number of nitrogens with two attached hydrogens (primary N) is 1. The molecule has 0 fully saturated rings. The van der Waals surface area contributed by atoms with Crippen LogP contribution in [0.25, 0.3) is 10.8 Å². The number of amides is 1. The van der Waals surface area contributed by atoms with E-state index in [0.29, 0.717) is 6.42 Å². The van der Waals surface area contributed by atoms with Crippen molar-refractivity contribution in [1.82, 2.24) is 5.32 Å². The SMILES string of the molecule is Cl.N=C(N)NC(=O)C(Cc1ccccc1)c1ccc2ccccc2c1. The highest BCUT2D eigenvalue weighted by Crippen LogP contribution is 2.25. The van der Waals surface area contributed by atoms with Gasteiger partial charge in [-0.1, -0.05) is 72.8 Å². The molecule has 1 unspecified atom stereocenters. The molecule has 0 heterocycles. The predicted molar refractivity (Wildman–Crippen MR) is 104 cm³/mol. The number of hydrogen-bond acceptors (Lipinski definition) is 2. The van der Waals surface area contributed by atoms with Crippen molar-refractivity contribution in [2.24, 2.45) is 5.73 Å². The molecular formula is C20H20ClN3O. The first-order valence-corrected chi connectivity index (χ1v) is 7.81. The molecule has 0 aliphatic rings. The van der Waals surface area contributed by atoms with Gasteiger partial charge in [-0.05, 0) is 28.3 Å². The lowest BCUT2D eigenvalue weighted by atomic mass is 9.90. The number of halogens is 1. The highest BCUT2D eigenvalue weighted by molar-refractivity contribution is 5.98. The molecule has 3 rings (SSSR count). The highest BCUT2D eigenvalue weighted by Gasteiger charge is 2.22. The van der Waals surface area contributed by atoms with Crippen molar-refractivity contribution in [3.05, 3.63) is 83.9 Å². The quantitative estimate of drug-likeness (QED) is 0.495. The van der Waals surface area contributed by atoms with Gasteiger partial charge in [-0.25, -0.2) is 0 Å². The standard InChI is InChI=1S/C20H19N3O.ClH/c21-20(22)23-19(24)18(12-14-6-2-1-3-7-14)17-11-10-15-8-4-5-9-16(15)13-17;/h1-11,13,18H,12H2,(H4,21,22,23,24);1H. The van der Waals surface area contributed by atoms with Gasteiger partial charge in [-0.3, -0.25) is 15.5 Å². The highest BCUT2D eigenvalue weighted by atomic mass is 35.5. The van der Waals surface area contributed by atoms with Gasteiger partial charge in [-0.15, -0.1) is 12.4 Å². The normalized spacial score (nSPS) is 11.4. The van der Waals surface area contributed by atoms with E-state index in [1.165, 1.54) is 0 Å². The van der Waals surface area contributed by atoms with Crippen molar-refractivity contribution in [1.29, 1.82) is 5.41 Å². The third-order valence-electron chi connectivity index (χ3n) is 4.03. The third kappa shape index (κ3) is 4.58. The van der Waals surface area contributed by atoms with Gasteiger partial charge in [-0.2, -0.15) is 0 Å². The van der Waals surface area contributed by atoms with Crippen LogP contribution in [0.5, 0.6) is 0 Å². The number of carbonyl (C=O) groups excluding carboxylic acids is 1. The van der Waals surface area contributed by atoms with Gasteiger partial charge in [0, 0.05) is 0 Å². The predicted octanol–water partition coefficient (Wildman–Crippen LogP) is 3.60.